The summed E-state index contributed by atoms with van der Waals surface area (Å²) in [5.74, 6) is 2.39. The van der Waals surface area contributed by atoms with Gasteiger partial charge in [-0.25, -0.2) is 4.98 Å². The van der Waals surface area contributed by atoms with Crippen LogP contribution in [0.15, 0.2) is 55.0 Å². The molecule has 1 heterocycles. The molecule has 24 heavy (non-hydrogen) atoms. The van der Waals surface area contributed by atoms with Crippen molar-refractivity contribution < 1.29 is 14.2 Å². The van der Waals surface area contributed by atoms with Gasteiger partial charge < -0.3 is 18.8 Å². The van der Waals surface area contributed by atoms with Gasteiger partial charge in [-0.05, 0) is 24.3 Å². The smallest absolute Gasteiger partial charge is 0.127 e. The monoisotopic (exact) mass is 324 g/mol. The summed E-state index contributed by atoms with van der Waals surface area (Å²) >= 11 is 0. The molecule has 0 fully saturated rings. The zero-order valence-corrected chi connectivity index (χ0v) is 14.0. The number of imidazole rings is 1. The lowest BCUT2D eigenvalue weighted by Gasteiger charge is -2.10. The SMILES string of the molecule is COc1cccc(-c2cn(Cc3ccc(OC)cc3OC)cn2)c1. The first kappa shape index (κ1) is 15.9. The molecule has 0 unspecified atom stereocenters. The van der Waals surface area contributed by atoms with E-state index >= 15 is 0 Å². The van der Waals surface area contributed by atoms with Crippen molar-refractivity contribution in [1.82, 2.24) is 9.55 Å². The molecule has 0 saturated heterocycles. The number of aromatic nitrogens is 2. The lowest BCUT2D eigenvalue weighted by molar-refractivity contribution is 0.390. The zero-order valence-electron chi connectivity index (χ0n) is 14.0. The van der Waals surface area contributed by atoms with Crippen LogP contribution in [-0.4, -0.2) is 30.9 Å². The molecule has 0 aliphatic heterocycles. The minimum absolute atomic E-state index is 0.671. The zero-order chi connectivity index (χ0) is 16.9. The third kappa shape index (κ3) is 3.35. The molecule has 5 heteroatoms. The van der Waals surface area contributed by atoms with Crippen molar-refractivity contribution in [1.29, 1.82) is 0 Å². The molecular formula is C19H20N2O3. The second-order valence-electron chi connectivity index (χ2n) is 5.34. The molecule has 5 nitrogen and oxygen atoms in total. The van der Waals surface area contributed by atoms with E-state index in [2.05, 4.69) is 4.98 Å². The first-order valence-electron chi connectivity index (χ1n) is 7.60. The highest BCUT2D eigenvalue weighted by Crippen LogP contribution is 2.26. The van der Waals surface area contributed by atoms with Crippen molar-refractivity contribution in [3.8, 4) is 28.5 Å². The summed E-state index contributed by atoms with van der Waals surface area (Å²) in [6.07, 6.45) is 3.83. The Morgan fingerprint density at radius 3 is 2.46 bits per heavy atom. The van der Waals surface area contributed by atoms with Crippen LogP contribution < -0.4 is 14.2 Å². The van der Waals surface area contributed by atoms with Crippen LogP contribution in [0.2, 0.25) is 0 Å². The van der Waals surface area contributed by atoms with Gasteiger partial charge in [0, 0.05) is 23.4 Å². The quantitative estimate of drug-likeness (QED) is 0.695. The van der Waals surface area contributed by atoms with E-state index in [1.54, 1.807) is 21.3 Å². The lowest BCUT2D eigenvalue weighted by Crippen LogP contribution is -2.00. The average molecular weight is 324 g/mol. The third-order valence-corrected chi connectivity index (χ3v) is 3.85. The summed E-state index contributed by atoms with van der Waals surface area (Å²) < 4.78 is 18.0. The second kappa shape index (κ2) is 7.08. The summed E-state index contributed by atoms with van der Waals surface area (Å²) in [6.45, 7) is 0.671. The fraction of sp³-hybridized carbons (Fsp3) is 0.211. The molecule has 0 amide bonds. The fourth-order valence-electron chi connectivity index (χ4n) is 2.56. The lowest BCUT2D eigenvalue weighted by atomic mass is 10.1. The van der Waals surface area contributed by atoms with Crippen molar-refractivity contribution >= 4 is 0 Å². The Balaban J connectivity index is 1.84. The van der Waals surface area contributed by atoms with E-state index in [0.717, 1.165) is 34.1 Å². The normalized spacial score (nSPS) is 10.5. The summed E-state index contributed by atoms with van der Waals surface area (Å²) in [6, 6.07) is 13.7. The van der Waals surface area contributed by atoms with Crippen LogP contribution in [0.1, 0.15) is 5.56 Å². The molecule has 0 N–H and O–H groups in total. The van der Waals surface area contributed by atoms with Crippen LogP contribution in [0.3, 0.4) is 0 Å². The topological polar surface area (TPSA) is 45.5 Å². The molecule has 0 saturated carbocycles. The predicted octanol–water partition coefficient (Wildman–Crippen LogP) is 3.62. The van der Waals surface area contributed by atoms with Gasteiger partial charge in [-0.2, -0.15) is 0 Å². The fourth-order valence-corrected chi connectivity index (χ4v) is 2.56. The molecule has 3 aromatic rings. The highest BCUT2D eigenvalue weighted by molar-refractivity contribution is 5.60. The van der Waals surface area contributed by atoms with Crippen LogP contribution in [0.25, 0.3) is 11.3 Å². The van der Waals surface area contributed by atoms with Crippen LogP contribution in [-0.2, 0) is 6.54 Å². The number of nitrogens with zero attached hydrogens (tertiary/aromatic N) is 2. The second-order valence-corrected chi connectivity index (χ2v) is 5.34. The Morgan fingerprint density at radius 2 is 1.71 bits per heavy atom. The van der Waals surface area contributed by atoms with E-state index in [4.69, 9.17) is 14.2 Å². The average Bonchev–Trinajstić information content (AvgIpc) is 3.10. The van der Waals surface area contributed by atoms with E-state index in [1.165, 1.54) is 0 Å². The molecule has 3 rings (SSSR count). The Kier molecular flexibility index (Phi) is 4.70. The van der Waals surface area contributed by atoms with Gasteiger partial charge in [-0.15, -0.1) is 0 Å². The summed E-state index contributed by atoms with van der Waals surface area (Å²) in [4.78, 5) is 4.49. The van der Waals surface area contributed by atoms with Crippen LogP contribution in [0.4, 0.5) is 0 Å². The number of ether oxygens (including phenoxy) is 3. The molecule has 1 aromatic heterocycles. The van der Waals surface area contributed by atoms with Gasteiger partial charge in [-0.3, -0.25) is 0 Å². The van der Waals surface area contributed by atoms with Crippen molar-refractivity contribution in [3.63, 3.8) is 0 Å². The van der Waals surface area contributed by atoms with Gasteiger partial charge in [0.15, 0.2) is 0 Å². The summed E-state index contributed by atoms with van der Waals surface area (Å²) in [5, 5.41) is 0. The molecule has 0 atom stereocenters. The molecule has 0 bridgehead atoms. The molecule has 0 aliphatic rings. The largest absolute Gasteiger partial charge is 0.497 e. The Bertz CT molecular complexity index is 827. The van der Waals surface area contributed by atoms with Gasteiger partial charge in [0.25, 0.3) is 0 Å². The Morgan fingerprint density at radius 1 is 0.917 bits per heavy atom. The van der Waals surface area contributed by atoms with Crippen LogP contribution in [0, 0.1) is 0 Å². The highest BCUT2D eigenvalue weighted by atomic mass is 16.5. The standard InChI is InChI=1S/C19H20N2O3/c1-22-16-6-4-5-14(9-16)18-12-21(13-20-18)11-15-7-8-17(23-2)10-19(15)24-3/h4-10,12-13H,11H2,1-3H3. The molecule has 0 aliphatic carbocycles. The number of methoxy groups -OCH3 is 3. The summed E-state index contributed by atoms with van der Waals surface area (Å²) in [5.41, 5.74) is 2.99. The highest BCUT2D eigenvalue weighted by Gasteiger charge is 2.08. The third-order valence-electron chi connectivity index (χ3n) is 3.85. The Labute approximate surface area is 141 Å². The van der Waals surface area contributed by atoms with E-state index in [0.29, 0.717) is 6.54 Å². The molecule has 124 valence electrons. The maximum atomic E-state index is 5.45. The number of hydrogen-bond donors (Lipinski definition) is 0. The Hall–Kier alpha value is -2.95. The number of hydrogen-bond acceptors (Lipinski definition) is 4. The molecule has 0 spiro atoms. The minimum atomic E-state index is 0.671. The van der Waals surface area contributed by atoms with Gasteiger partial charge in [-0.1, -0.05) is 12.1 Å². The van der Waals surface area contributed by atoms with E-state index < -0.39 is 0 Å². The van der Waals surface area contributed by atoms with E-state index in [-0.39, 0.29) is 0 Å². The summed E-state index contributed by atoms with van der Waals surface area (Å²) in [7, 11) is 4.96. The maximum absolute atomic E-state index is 5.45. The first-order chi connectivity index (χ1) is 11.7. The van der Waals surface area contributed by atoms with Crippen molar-refractivity contribution in [3.05, 3.63) is 60.6 Å². The van der Waals surface area contributed by atoms with Gasteiger partial charge in [0.1, 0.15) is 17.2 Å². The minimum Gasteiger partial charge on any atom is -0.497 e. The van der Waals surface area contributed by atoms with Crippen molar-refractivity contribution in [2.75, 3.05) is 21.3 Å². The molecule has 2 aromatic carbocycles. The van der Waals surface area contributed by atoms with E-state index in [1.807, 2.05) is 59.6 Å². The molecular weight excluding hydrogens is 304 g/mol. The maximum Gasteiger partial charge on any atom is 0.127 e. The number of rotatable bonds is 6. The number of benzene rings is 2. The van der Waals surface area contributed by atoms with Crippen molar-refractivity contribution in [2.45, 2.75) is 6.54 Å². The molecule has 0 radical (unpaired) electrons. The van der Waals surface area contributed by atoms with Crippen LogP contribution >= 0.6 is 0 Å². The van der Waals surface area contributed by atoms with Gasteiger partial charge in [0.05, 0.1) is 39.9 Å². The van der Waals surface area contributed by atoms with E-state index in [9.17, 15) is 0 Å². The van der Waals surface area contributed by atoms with Crippen LogP contribution in [0.5, 0.6) is 17.2 Å². The van der Waals surface area contributed by atoms with Crippen molar-refractivity contribution in [2.24, 2.45) is 0 Å². The van der Waals surface area contributed by atoms with Gasteiger partial charge in [0.2, 0.25) is 0 Å². The first-order valence-corrected chi connectivity index (χ1v) is 7.60. The predicted molar refractivity (Wildman–Crippen MR) is 92.9 cm³/mol. The van der Waals surface area contributed by atoms with Gasteiger partial charge >= 0.3 is 0 Å².